The first-order valence-electron chi connectivity index (χ1n) is 6.60. The Hall–Kier alpha value is -1.56. The summed E-state index contributed by atoms with van der Waals surface area (Å²) in [6.07, 6.45) is 0.946. The van der Waals surface area contributed by atoms with Crippen molar-refractivity contribution in [2.75, 3.05) is 19.6 Å². The van der Waals surface area contributed by atoms with Gasteiger partial charge in [-0.15, -0.1) is 0 Å². The molecule has 0 saturated carbocycles. The summed E-state index contributed by atoms with van der Waals surface area (Å²) in [5.74, 6) is -0.306. The normalized spacial score (nSPS) is 14.1. The lowest BCUT2D eigenvalue weighted by Crippen LogP contribution is -2.42. The van der Waals surface area contributed by atoms with Crippen molar-refractivity contribution in [2.45, 2.75) is 34.1 Å². The molecule has 0 aliphatic rings. The molecule has 1 rings (SSSR count). The predicted molar refractivity (Wildman–Crippen MR) is 73.3 cm³/mol. The molecule has 0 aromatic carbocycles. The first-order valence-corrected chi connectivity index (χ1v) is 6.60. The van der Waals surface area contributed by atoms with Gasteiger partial charge >= 0.3 is 5.63 Å². The third-order valence-electron chi connectivity index (χ3n) is 3.49. The highest BCUT2D eigenvalue weighted by Crippen LogP contribution is 2.18. The van der Waals surface area contributed by atoms with Crippen LogP contribution in [0.5, 0.6) is 0 Å². The lowest BCUT2D eigenvalue weighted by Gasteiger charge is -2.28. The second kappa shape index (κ2) is 6.56. The Balaban J connectivity index is 2.62. The average molecular weight is 269 g/mol. The minimum absolute atomic E-state index is 0.0103. The van der Waals surface area contributed by atoms with Gasteiger partial charge in [0.05, 0.1) is 5.56 Å². The van der Waals surface area contributed by atoms with E-state index >= 15 is 0 Å². The van der Waals surface area contributed by atoms with Crippen LogP contribution in [0.2, 0.25) is 0 Å². The summed E-state index contributed by atoms with van der Waals surface area (Å²) in [6.45, 7) is 10.1. The standard InChI is InChI=1S/C13H23N3O3/c1-5-13(4,7-14-6-2)8-15-11(17)10-9(3)12(18)19-16-10/h14,16H,5-8H2,1-4H3,(H,15,17). The van der Waals surface area contributed by atoms with Crippen LogP contribution < -0.4 is 16.3 Å². The molecular weight excluding hydrogens is 246 g/mol. The molecule has 3 N–H and O–H groups in total. The molecule has 1 aromatic heterocycles. The fraction of sp³-hybridized carbons (Fsp3) is 0.692. The molecule has 1 unspecified atom stereocenters. The van der Waals surface area contributed by atoms with E-state index in [4.69, 9.17) is 0 Å². The molecule has 19 heavy (non-hydrogen) atoms. The van der Waals surface area contributed by atoms with Crippen molar-refractivity contribution in [3.8, 4) is 0 Å². The summed E-state index contributed by atoms with van der Waals surface area (Å²) in [4.78, 5) is 23.1. The Bertz CT molecular complexity index is 478. The molecule has 6 nitrogen and oxygen atoms in total. The van der Waals surface area contributed by atoms with Crippen molar-refractivity contribution in [3.63, 3.8) is 0 Å². The fourth-order valence-corrected chi connectivity index (χ4v) is 1.69. The van der Waals surface area contributed by atoms with Gasteiger partial charge in [0.15, 0.2) is 0 Å². The van der Waals surface area contributed by atoms with Gasteiger partial charge in [0.25, 0.3) is 5.91 Å². The molecule has 0 bridgehead atoms. The Kier molecular flexibility index (Phi) is 5.35. The fourth-order valence-electron chi connectivity index (χ4n) is 1.69. The van der Waals surface area contributed by atoms with E-state index in [1.165, 1.54) is 0 Å². The van der Waals surface area contributed by atoms with Crippen LogP contribution in [0.15, 0.2) is 9.32 Å². The zero-order chi connectivity index (χ0) is 14.5. The number of hydrogen-bond acceptors (Lipinski definition) is 4. The van der Waals surface area contributed by atoms with Crippen LogP contribution in [0.1, 0.15) is 43.2 Å². The maximum absolute atomic E-state index is 12.0. The van der Waals surface area contributed by atoms with Crippen LogP contribution in [0.25, 0.3) is 0 Å². The molecule has 0 spiro atoms. The van der Waals surface area contributed by atoms with Crippen molar-refractivity contribution >= 4 is 5.91 Å². The number of carbonyl (C=O) groups is 1. The van der Waals surface area contributed by atoms with Crippen molar-refractivity contribution < 1.29 is 9.32 Å². The van der Waals surface area contributed by atoms with E-state index in [-0.39, 0.29) is 17.0 Å². The molecule has 0 aliphatic heterocycles. The van der Waals surface area contributed by atoms with Crippen LogP contribution in [0.4, 0.5) is 0 Å². The molecular formula is C13H23N3O3. The van der Waals surface area contributed by atoms with Crippen LogP contribution in [0, 0.1) is 12.3 Å². The van der Waals surface area contributed by atoms with Crippen LogP contribution in [-0.4, -0.2) is 30.7 Å². The van der Waals surface area contributed by atoms with Gasteiger partial charge in [-0.05, 0) is 25.3 Å². The Morgan fingerprint density at radius 3 is 2.53 bits per heavy atom. The second-order valence-corrected chi connectivity index (χ2v) is 5.12. The van der Waals surface area contributed by atoms with E-state index < -0.39 is 5.63 Å². The molecule has 1 atom stereocenters. The van der Waals surface area contributed by atoms with E-state index in [9.17, 15) is 9.59 Å². The highest BCUT2D eigenvalue weighted by molar-refractivity contribution is 5.93. The number of aromatic amines is 1. The zero-order valence-corrected chi connectivity index (χ0v) is 12.1. The summed E-state index contributed by atoms with van der Waals surface area (Å²) in [7, 11) is 0. The molecule has 0 radical (unpaired) electrons. The minimum atomic E-state index is -0.504. The maximum Gasteiger partial charge on any atom is 0.360 e. The zero-order valence-electron chi connectivity index (χ0n) is 12.1. The summed E-state index contributed by atoms with van der Waals surface area (Å²) in [5.41, 5.74) is -0.00537. The lowest BCUT2D eigenvalue weighted by atomic mass is 9.87. The molecule has 6 heteroatoms. The first kappa shape index (κ1) is 15.5. The van der Waals surface area contributed by atoms with Crippen molar-refractivity contribution in [1.29, 1.82) is 0 Å². The number of rotatable bonds is 7. The van der Waals surface area contributed by atoms with Crippen molar-refractivity contribution in [1.82, 2.24) is 15.8 Å². The van der Waals surface area contributed by atoms with Crippen molar-refractivity contribution in [3.05, 3.63) is 21.7 Å². The topological polar surface area (TPSA) is 87.1 Å². The van der Waals surface area contributed by atoms with E-state index in [1.807, 2.05) is 6.92 Å². The Morgan fingerprint density at radius 1 is 1.37 bits per heavy atom. The number of amides is 1. The molecule has 0 saturated heterocycles. The number of hydrogen-bond donors (Lipinski definition) is 3. The smallest absolute Gasteiger partial charge is 0.350 e. The van der Waals surface area contributed by atoms with Crippen LogP contribution in [-0.2, 0) is 0 Å². The predicted octanol–water partition coefficient (Wildman–Crippen LogP) is 1.03. The van der Waals surface area contributed by atoms with Gasteiger partial charge in [-0.25, -0.2) is 9.95 Å². The molecule has 0 aliphatic carbocycles. The van der Waals surface area contributed by atoms with Gasteiger partial charge in [0, 0.05) is 13.1 Å². The summed E-state index contributed by atoms with van der Waals surface area (Å²) in [5, 5.41) is 8.49. The van der Waals surface area contributed by atoms with E-state index in [1.54, 1.807) is 6.92 Å². The highest BCUT2D eigenvalue weighted by atomic mass is 16.5. The first-order chi connectivity index (χ1) is 8.93. The molecule has 108 valence electrons. The number of H-pyrrole nitrogens is 1. The minimum Gasteiger partial charge on any atom is -0.350 e. The van der Waals surface area contributed by atoms with Gasteiger partial charge in [-0.3, -0.25) is 4.79 Å². The Morgan fingerprint density at radius 2 is 2.05 bits per heavy atom. The van der Waals surface area contributed by atoms with E-state index in [0.717, 1.165) is 19.5 Å². The van der Waals surface area contributed by atoms with Gasteiger partial charge in [-0.1, -0.05) is 20.8 Å². The SMILES string of the molecule is CCNCC(C)(CC)CNC(=O)c1[nH]oc(=O)c1C. The lowest BCUT2D eigenvalue weighted by molar-refractivity contribution is 0.0922. The second-order valence-electron chi connectivity index (χ2n) is 5.12. The number of aromatic nitrogens is 1. The molecule has 1 aromatic rings. The largest absolute Gasteiger partial charge is 0.360 e. The van der Waals surface area contributed by atoms with E-state index in [0.29, 0.717) is 12.1 Å². The highest BCUT2D eigenvalue weighted by Gasteiger charge is 2.24. The number of nitrogens with one attached hydrogen (secondary N) is 3. The van der Waals surface area contributed by atoms with E-state index in [2.05, 4.69) is 34.2 Å². The van der Waals surface area contributed by atoms with Gasteiger partial charge in [0.1, 0.15) is 5.69 Å². The third-order valence-corrected chi connectivity index (χ3v) is 3.49. The summed E-state index contributed by atoms with van der Waals surface area (Å²) < 4.78 is 4.59. The van der Waals surface area contributed by atoms with Crippen LogP contribution in [0.3, 0.4) is 0 Å². The molecule has 1 amide bonds. The quantitative estimate of drug-likeness (QED) is 0.690. The maximum atomic E-state index is 12.0. The monoisotopic (exact) mass is 269 g/mol. The number of carbonyl (C=O) groups excluding carboxylic acids is 1. The van der Waals surface area contributed by atoms with Crippen LogP contribution >= 0.6 is 0 Å². The summed E-state index contributed by atoms with van der Waals surface area (Å²) in [6, 6.07) is 0. The van der Waals surface area contributed by atoms with Gasteiger partial charge < -0.3 is 15.2 Å². The van der Waals surface area contributed by atoms with Crippen molar-refractivity contribution in [2.24, 2.45) is 5.41 Å². The summed E-state index contributed by atoms with van der Waals surface area (Å²) >= 11 is 0. The van der Waals surface area contributed by atoms with Gasteiger partial charge in [0.2, 0.25) is 0 Å². The Labute approximate surface area is 112 Å². The average Bonchev–Trinajstić information content (AvgIpc) is 2.74. The third kappa shape index (κ3) is 3.96. The van der Waals surface area contributed by atoms with Gasteiger partial charge in [-0.2, -0.15) is 0 Å². The molecule has 0 fully saturated rings. The molecule has 1 heterocycles.